The number of carboxylic acid groups (broad SMARTS) is 1. The van der Waals surface area contributed by atoms with Crippen molar-refractivity contribution in [3.63, 3.8) is 0 Å². The molecule has 1 aromatic carbocycles. The number of ether oxygens (including phenoxy) is 1. The van der Waals surface area contributed by atoms with E-state index in [9.17, 15) is 42.3 Å². The van der Waals surface area contributed by atoms with Crippen LogP contribution in [0, 0.1) is 11.3 Å². The zero-order chi connectivity index (χ0) is 30.8. The molecule has 3 aliphatic heterocycles. The Hall–Kier alpha value is -3.63. The normalized spacial score (nSPS) is 21.7. The van der Waals surface area contributed by atoms with E-state index in [4.69, 9.17) is 10.00 Å². The van der Waals surface area contributed by atoms with E-state index in [0.29, 0.717) is 14.8 Å². The molecule has 0 radical (unpaired) electrons. The summed E-state index contributed by atoms with van der Waals surface area (Å²) in [5.41, 5.74) is -1.83. The number of benzene rings is 1. The minimum absolute atomic E-state index is 0. The molecule has 3 atom stereocenters. The molecule has 2 saturated heterocycles. The van der Waals surface area contributed by atoms with Gasteiger partial charge < -0.3 is 30.2 Å². The SMILES string of the molecule is CC(=O)OCC1=CN2C(=O)C(NC(=O)C(NC(=O)N3CCN(S(=O)(=O)CC#N)C3=O)c3ccccc3)(C(=O)[O-])[C@@H]2SC1.[Na+]. The molecular formula is C24H23N6NaO10S2. The van der Waals surface area contributed by atoms with E-state index in [1.54, 1.807) is 6.07 Å². The monoisotopic (exact) mass is 642 g/mol. The van der Waals surface area contributed by atoms with E-state index < -0.39 is 75.1 Å². The number of urea groups is 2. The third-order valence-corrected chi connectivity index (χ3v) is 9.45. The zero-order valence-electron chi connectivity index (χ0n) is 22.8. The topological polar surface area (TPSA) is 226 Å². The summed E-state index contributed by atoms with van der Waals surface area (Å²) in [5.74, 6) is -5.40. The van der Waals surface area contributed by atoms with Crippen LogP contribution in [-0.4, -0.2) is 100 Å². The number of thioether (sulfide) groups is 1. The Bertz CT molecular complexity index is 1530. The number of amides is 6. The molecule has 1 aromatic rings. The van der Waals surface area contributed by atoms with Crippen LogP contribution >= 0.6 is 11.8 Å². The third-order valence-electron chi connectivity index (χ3n) is 6.51. The molecule has 3 aliphatic rings. The predicted molar refractivity (Wildman–Crippen MR) is 140 cm³/mol. The molecule has 16 nitrogen and oxygen atoms in total. The zero-order valence-corrected chi connectivity index (χ0v) is 26.5. The molecule has 0 saturated carbocycles. The molecule has 222 valence electrons. The van der Waals surface area contributed by atoms with E-state index in [2.05, 4.69) is 10.6 Å². The Kier molecular flexibility index (Phi) is 10.5. The number of fused-ring (bicyclic) bond motifs is 1. The summed E-state index contributed by atoms with van der Waals surface area (Å²) < 4.78 is 29.7. The van der Waals surface area contributed by atoms with Gasteiger partial charge in [-0.1, -0.05) is 30.3 Å². The molecule has 2 unspecified atom stereocenters. The van der Waals surface area contributed by atoms with Gasteiger partial charge in [0.05, 0.1) is 25.1 Å². The molecule has 2 fully saturated rings. The summed E-state index contributed by atoms with van der Waals surface area (Å²) >= 11 is 0.987. The predicted octanol–water partition coefficient (Wildman–Crippen LogP) is -5.00. The number of carboxylic acids is 1. The van der Waals surface area contributed by atoms with Crippen molar-refractivity contribution in [1.82, 2.24) is 24.7 Å². The average Bonchev–Trinajstić information content (AvgIpc) is 3.35. The van der Waals surface area contributed by atoms with Crippen molar-refractivity contribution in [2.24, 2.45) is 0 Å². The van der Waals surface area contributed by atoms with Crippen LogP contribution in [0.25, 0.3) is 0 Å². The summed E-state index contributed by atoms with van der Waals surface area (Å²) in [6.45, 7) is 0.299. The third kappa shape index (κ3) is 6.50. The maximum Gasteiger partial charge on any atom is 1.00 e. The van der Waals surface area contributed by atoms with E-state index in [0.717, 1.165) is 16.7 Å². The molecule has 0 spiro atoms. The number of β-lactam (4-membered cyclic amide) rings is 1. The van der Waals surface area contributed by atoms with E-state index in [1.165, 1.54) is 43.5 Å². The van der Waals surface area contributed by atoms with Crippen molar-refractivity contribution in [1.29, 1.82) is 5.26 Å². The number of carbonyl (C=O) groups excluding carboxylic acids is 6. The van der Waals surface area contributed by atoms with E-state index in [1.807, 2.05) is 0 Å². The van der Waals surface area contributed by atoms with E-state index in [-0.39, 0.29) is 54.0 Å². The number of rotatable bonds is 9. The summed E-state index contributed by atoms with van der Waals surface area (Å²) in [6.07, 6.45) is 1.33. The maximum absolute atomic E-state index is 13.5. The molecule has 19 heteroatoms. The number of esters is 1. The molecule has 0 bridgehead atoms. The average molecular weight is 643 g/mol. The van der Waals surface area contributed by atoms with Gasteiger partial charge in [-0.05, 0) is 11.1 Å². The molecular weight excluding hydrogens is 619 g/mol. The minimum atomic E-state index is -4.31. The van der Waals surface area contributed by atoms with E-state index >= 15 is 0 Å². The van der Waals surface area contributed by atoms with Crippen LogP contribution in [0.15, 0.2) is 42.1 Å². The second-order valence-electron chi connectivity index (χ2n) is 9.24. The Morgan fingerprint density at radius 1 is 1.21 bits per heavy atom. The summed E-state index contributed by atoms with van der Waals surface area (Å²) in [7, 11) is -4.31. The first kappa shape index (κ1) is 33.9. The smallest absolute Gasteiger partial charge is 0.547 e. The fourth-order valence-electron chi connectivity index (χ4n) is 4.47. The number of sulfonamides is 1. The fourth-order valence-corrected chi connectivity index (χ4v) is 6.84. The van der Waals surface area contributed by atoms with Gasteiger partial charge >= 0.3 is 47.6 Å². The Morgan fingerprint density at radius 2 is 1.88 bits per heavy atom. The van der Waals surface area contributed by atoms with Gasteiger partial charge in [-0.2, -0.15) is 5.26 Å². The fraction of sp³-hybridized carbons (Fsp3) is 0.375. The summed E-state index contributed by atoms with van der Waals surface area (Å²) in [4.78, 5) is 77.4. The van der Waals surface area contributed by atoms with Crippen LogP contribution in [0.4, 0.5) is 9.59 Å². The largest absolute Gasteiger partial charge is 1.00 e. The van der Waals surface area contributed by atoms with Crippen LogP contribution in [0.2, 0.25) is 0 Å². The van der Waals surface area contributed by atoms with Gasteiger partial charge in [0.15, 0.2) is 11.3 Å². The number of imide groups is 1. The number of nitrogens with one attached hydrogen (secondary N) is 2. The number of hydrogen-bond donors (Lipinski definition) is 2. The number of hydrogen-bond acceptors (Lipinski definition) is 12. The molecule has 43 heavy (non-hydrogen) atoms. The Labute approximate surface area is 271 Å². The quantitative estimate of drug-likeness (QED) is 0.112. The van der Waals surface area contributed by atoms with Gasteiger partial charge in [-0.15, -0.1) is 11.8 Å². The molecule has 6 amide bonds. The first-order valence-electron chi connectivity index (χ1n) is 12.2. The van der Waals surface area contributed by atoms with Crippen molar-refractivity contribution >= 4 is 57.6 Å². The van der Waals surface area contributed by atoms with Gasteiger partial charge in [0.25, 0.3) is 15.9 Å². The maximum atomic E-state index is 13.5. The van der Waals surface area contributed by atoms with Crippen LogP contribution in [0.3, 0.4) is 0 Å². The van der Waals surface area contributed by atoms with Crippen LogP contribution < -0.4 is 45.3 Å². The van der Waals surface area contributed by atoms with Crippen molar-refractivity contribution in [2.75, 3.05) is 31.2 Å². The van der Waals surface area contributed by atoms with Gasteiger partial charge in [-0.25, -0.2) is 27.2 Å². The second kappa shape index (κ2) is 13.3. The number of nitriles is 1. The van der Waals surface area contributed by atoms with Crippen LogP contribution in [-0.2, 0) is 33.9 Å². The summed E-state index contributed by atoms with van der Waals surface area (Å²) in [6, 6.07) is 4.91. The van der Waals surface area contributed by atoms with Crippen molar-refractivity contribution in [3.8, 4) is 6.07 Å². The number of aliphatic carboxylic acids is 1. The van der Waals surface area contributed by atoms with Crippen molar-refractivity contribution < 1.29 is 76.6 Å². The number of carbonyl (C=O) groups is 6. The van der Waals surface area contributed by atoms with Crippen LogP contribution in [0.5, 0.6) is 0 Å². The van der Waals surface area contributed by atoms with Gasteiger partial charge in [0.2, 0.25) is 5.91 Å². The van der Waals surface area contributed by atoms with Gasteiger partial charge in [0.1, 0.15) is 18.0 Å². The molecule has 0 aliphatic carbocycles. The molecule has 2 N–H and O–H groups in total. The Morgan fingerprint density at radius 3 is 2.49 bits per heavy atom. The van der Waals surface area contributed by atoms with Crippen LogP contribution in [0.1, 0.15) is 18.5 Å². The number of nitrogens with zero attached hydrogens (tertiary/aromatic N) is 4. The molecule has 3 heterocycles. The molecule has 0 aromatic heterocycles. The first-order valence-corrected chi connectivity index (χ1v) is 14.8. The standard InChI is InChI=1S/C24H24N6O10S2.Na/c1-14(31)40-12-15-11-29-19(33)24(21(34)35,20(29)41-13-15)27-18(32)17(16-5-3-2-4-6-16)26-22(36)28-8-9-30(23(28)37)42(38,39)10-7-25;/h2-6,11,17,20H,8-10,12-13H2,1H3,(H,26,36)(H,27,32)(H,34,35);/q;+1/p-1/t17?,20-,24?;/m0./s1. The van der Waals surface area contributed by atoms with Gasteiger partial charge in [0, 0.05) is 18.9 Å². The summed E-state index contributed by atoms with van der Waals surface area (Å²) in [5, 5.41) is 24.4. The van der Waals surface area contributed by atoms with Crippen molar-refractivity contribution in [3.05, 3.63) is 47.7 Å². The minimum Gasteiger partial charge on any atom is -0.547 e. The first-order chi connectivity index (χ1) is 19.8. The Balaban J connectivity index is 0.00000506. The van der Waals surface area contributed by atoms with Gasteiger partial charge in [-0.3, -0.25) is 14.4 Å². The second-order valence-corrected chi connectivity index (χ2v) is 12.2. The van der Waals surface area contributed by atoms with Crippen molar-refractivity contribution in [2.45, 2.75) is 23.9 Å². The molecule has 4 rings (SSSR count).